The number of aromatic nitrogens is 2. The lowest BCUT2D eigenvalue weighted by atomic mass is 10.4. The number of hydrogen-bond donors (Lipinski definition) is 1. The van der Waals surface area contributed by atoms with Crippen LogP contribution in [0.25, 0.3) is 0 Å². The number of aryl methyl sites for hydroxylation is 1. The van der Waals surface area contributed by atoms with Crippen LogP contribution >= 0.6 is 0 Å². The molecule has 0 amide bonds. The summed E-state index contributed by atoms with van der Waals surface area (Å²) in [6.07, 6.45) is 1.10. The molecule has 1 aromatic rings. The molecule has 0 aliphatic carbocycles. The Balaban J connectivity index is 2.87. The van der Waals surface area contributed by atoms with Crippen molar-refractivity contribution in [3.05, 3.63) is 11.9 Å². The number of nitrogens with zero attached hydrogens (tertiary/aromatic N) is 3. The van der Waals surface area contributed by atoms with Gasteiger partial charge in [0.05, 0.1) is 0 Å². The highest BCUT2D eigenvalue weighted by molar-refractivity contribution is 5.46. The molecule has 1 aromatic heterocycles. The van der Waals surface area contributed by atoms with Crippen molar-refractivity contribution in [2.45, 2.75) is 20.3 Å². The van der Waals surface area contributed by atoms with Gasteiger partial charge in [0, 0.05) is 19.7 Å². The van der Waals surface area contributed by atoms with Gasteiger partial charge >= 0.3 is 0 Å². The normalized spacial score (nSPS) is 10.1. The summed E-state index contributed by atoms with van der Waals surface area (Å²) in [5.74, 6) is 2.15. The zero-order valence-electron chi connectivity index (χ0n) is 8.41. The van der Waals surface area contributed by atoms with E-state index >= 15 is 0 Å². The van der Waals surface area contributed by atoms with Crippen molar-refractivity contribution >= 4 is 11.6 Å². The molecule has 1 rings (SSSR count). The van der Waals surface area contributed by atoms with Crippen molar-refractivity contribution in [3.63, 3.8) is 0 Å². The van der Waals surface area contributed by atoms with Crippen LogP contribution in [0.2, 0.25) is 0 Å². The molecule has 0 saturated heterocycles. The van der Waals surface area contributed by atoms with Crippen molar-refractivity contribution in [2.75, 3.05) is 24.2 Å². The molecular formula is C9H16N4. The average molecular weight is 180 g/mol. The summed E-state index contributed by atoms with van der Waals surface area (Å²) < 4.78 is 0. The first-order valence-electron chi connectivity index (χ1n) is 4.45. The van der Waals surface area contributed by atoms with Gasteiger partial charge in [-0.1, -0.05) is 6.92 Å². The van der Waals surface area contributed by atoms with Crippen LogP contribution < -0.4 is 10.6 Å². The second-order valence-corrected chi connectivity index (χ2v) is 3.12. The van der Waals surface area contributed by atoms with Crippen molar-refractivity contribution in [1.29, 1.82) is 0 Å². The number of rotatable bonds is 3. The van der Waals surface area contributed by atoms with Gasteiger partial charge in [0.15, 0.2) is 0 Å². The molecule has 0 aliphatic heterocycles. The topological polar surface area (TPSA) is 55.0 Å². The van der Waals surface area contributed by atoms with E-state index < -0.39 is 0 Å². The lowest BCUT2D eigenvalue weighted by molar-refractivity contribution is 0.830. The molecule has 72 valence electrons. The molecule has 0 saturated carbocycles. The van der Waals surface area contributed by atoms with Crippen LogP contribution in [0.3, 0.4) is 0 Å². The molecular weight excluding hydrogens is 164 g/mol. The molecule has 0 spiro atoms. The van der Waals surface area contributed by atoms with E-state index in [-0.39, 0.29) is 0 Å². The lowest BCUT2D eigenvalue weighted by Gasteiger charge is -2.17. The van der Waals surface area contributed by atoms with Crippen molar-refractivity contribution in [2.24, 2.45) is 0 Å². The Kier molecular flexibility index (Phi) is 3.06. The number of anilines is 2. The van der Waals surface area contributed by atoms with Gasteiger partial charge in [-0.25, -0.2) is 9.97 Å². The average Bonchev–Trinajstić information content (AvgIpc) is 2.03. The summed E-state index contributed by atoms with van der Waals surface area (Å²) in [4.78, 5) is 10.4. The third-order valence-corrected chi connectivity index (χ3v) is 1.79. The van der Waals surface area contributed by atoms with E-state index in [1.807, 2.05) is 14.0 Å². The van der Waals surface area contributed by atoms with E-state index in [1.165, 1.54) is 0 Å². The van der Waals surface area contributed by atoms with Crippen LogP contribution in [0.15, 0.2) is 6.07 Å². The first-order chi connectivity index (χ1) is 6.13. The fourth-order valence-electron chi connectivity index (χ4n) is 1.22. The summed E-state index contributed by atoms with van der Waals surface area (Å²) in [5, 5.41) is 0. The highest BCUT2D eigenvalue weighted by Gasteiger charge is 2.03. The summed E-state index contributed by atoms with van der Waals surface area (Å²) in [5.41, 5.74) is 5.62. The van der Waals surface area contributed by atoms with Gasteiger partial charge in [-0.2, -0.15) is 0 Å². The van der Waals surface area contributed by atoms with Gasteiger partial charge in [-0.05, 0) is 13.3 Å². The van der Waals surface area contributed by atoms with E-state index in [4.69, 9.17) is 5.73 Å². The fraction of sp³-hybridized carbons (Fsp3) is 0.556. The molecule has 0 fully saturated rings. The van der Waals surface area contributed by atoms with E-state index in [1.54, 1.807) is 6.07 Å². The van der Waals surface area contributed by atoms with Gasteiger partial charge in [-0.15, -0.1) is 0 Å². The molecule has 13 heavy (non-hydrogen) atoms. The van der Waals surface area contributed by atoms with Crippen molar-refractivity contribution in [1.82, 2.24) is 9.97 Å². The van der Waals surface area contributed by atoms with E-state index in [2.05, 4.69) is 21.8 Å². The minimum atomic E-state index is 0.533. The highest BCUT2D eigenvalue weighted by Crippen LogP contribution is 2.11. The quantitative estimate of drug-likeness (QED) is 0.759. The standard InChI is InChI=1S/C9H16N4/c1-4-5-13(3)9-6-8(10)11-7(2)12-9/h6H,4-5H2,1-3H3,(H2,10,11,12). The number of hydrogen-bond acceptors (Lipinski definition) is 4. The predicted molar refractivity (Wildman–Crippen MR) is 54.7 cm³/mol. The maximum absolute atomic E-state index is 5.62. The lowest BCUT2D eigenvalue weighted by Crippen LogP contribution is -2.19. The first kappa shape index (κ1) is 9.77. The zero-order chi connectivity index (χ0) is 9.84. The maximum Gasteiger partial charge on any atom is 0.134 e. The Bertz CT molecular complexity index is 265. The van der Waals surface area contributed by atoms with Crippen LogP contribution in [-0.4, -0.2) is 23.6 Å². The Morgan fingerprint density at radius 3 is 2.69 bits per heavy atom. The monoisotopic (exact) mass is 180 g/mol. The van der Waals surface area contributed by atoms with E-state index in [0.717, 1.165) is 24.6 Å². The molecule has 2 N–H and O–H groups in total. The molecule has 0 aliphatic rings. The smallest absolute Gasteiger partial charge is 0.134 e. The van der Waals surface area contributed by atoms with Crippen LogP contribution in [0.5, 0.6) is 0 Å². The first-order valence-corrected chi connectivity index (χ1v) is 4.45. The third-order valence-electron chi connectivity index (χ3n) is 1.79. The SMILES string of the molecule is CCCN(C)c1cc(N)nc(C)n1. The van der Waals surface area contributed by atoms with Gasteiger partial charge in [0.25, 0.3) is 0 Å². The summed E-state index contributed by atoms with van der Waals surface area (Å²) >= 11 is 0. The van der Waals surface area contributed by atoms with Crippen LogP contribution in [0.4, 0.5) is 11.6 Å². The Hall–Kier alpha value is -1.32. The van der Waals surface area contributed by atoms with Gasteiger partial charge < -0.3 is 10.6 Å². The van der Waals surface area contributed by atoms with Gasteiger partial charge in [-0.3, -0.25) is 0 Å². The Labute approximate surface area is 78.8 Å². The fourth-order valence-corrected chi connectivity index (χ4v) is 1.22. The van der Waals surface area contributed by atoms with E-state index in [0.29, 0.717) is 5.82 Å². The molecule has 0 atom stereocenters. The van der Waals surface area contributed by atoms with Crippen molar-refractivity contribution in [3.8, 4) is 0 Å². The Morgan fingerprint density at radius 2 is 2.15 bits per heavy atom. The largest absolute Gasteiger partial charge is 0.384 e. The second kappa shape index (κ2) is 4.07. The number of nitrogen functional groups attached to an aromatic ring is 1. The van der Waals surface area contributed by atoms with Gasteiger partial charge in [0.2, 0.25) is 0 Å². The summed E-state index contributed by atoms with van der Waals surface area (Å²) in [7, 11) is 2.00. The van der Waals surface area contributed by atoms with Crippen LogP contribution in [0, 0.1) is 6.92 Å². The summed E-state index contributed by atoms with van der Waals surface area (Å²) in [6, 6.07) is 1.79. The highest BCUT2D eigenvalue weighted by atomic mass is 15.2. The van der Waals surface area contributed by atoms with Gasteiger partial charge in [0.1, 0.15) is 17.5 Å². The van der Waals surface area contributed by atoms with Crippen molar-refractivity contribution < 1.29 is 0 Å². The number of nitrogens with two attached hydrogens (primary N) is 1. The van der Waals surface area contributed by atoms with Crippen LogP contribution in [0.1, 0.15) is 19.2 Å². The molecule has 0 radical (unpaired) electrons. The molecule has 4 heteroatoms. The third kappa shape index (κ3) is 2.57. The molecule has 0 aromatic carbocycles. The molecule has 1 heterocycles. The summed E-state index contributed by atoms with van der Waals surface area (Å²) in [6.45, 7) is 4.96. The minimum absolute atomic E-state index is 0.533. The second-order valence-electron chi connectivity index (χ2n) is 3.12. The zero-order valence-corrected chi connectivity index (χ0v) is 8.41. The molecule has 0 bridgehead atoms. The minimum Gasteiger partial charge on any atom is -0.384 e. The predicted octanol–water partition coefficient (Wildman–Crippen LogP) is 1.21. The van der Waals surface area contributed by atoms with E-state index in [9.17, 15) is 0 Å². The van der Waals surface area contributed by atoms with Crippen LogP contribution in [-0.2, 0) is 0 Å². The molecule has 0 unspecified atom stereocenters. The Morgan fingerprint density at radius 1 is 1.46 bits per heavy atom. The maximum atomic E-state index is 5.62. The molecule has 4 nitrogen and oxygen atoms in total.